The molecule has 1 aromatic heterocycles. The highest BCUT2D eigenvalue weighted by atomic mass is 79.9. The van der Waals surface area contributed by atoms with Crippen LogP contribution >= 0.6 is 15.9 Å². The molecule has 0 saturated heterocycles. The van der Waals surface area contributed by atoms with Gasteiger partial charge < -0.3 is 9.64 Å². The number of anilines is 2. The Morgan fingerprint density at radius 3 is 1.89 bits per heavy atom. The minimum absolute atomic E-state index is 0.149. The van der Waals surface area contributed by atoms with Gasteiger partial charge in [0.2, 0.25) is 5.95 Å². The molecule has 0 saturated carbocycles. The molecule has 0 bridgehead atoms. The van der Waals surface area contributed by atoms with Crippen molar-refractivity contribution in [3.8, 4) is 11.8 Å². The first-order chi connectivity index (χ1) is 22.0. The Bertz CT molecular complexity index is 1820. The molecule has 7 heteroatoms. The molecule has 222 valence electrons. The molecule has 0 aliphatic rings. The highest BCUT2D eigenvalue weighted by Crippen LogP contribution is 2.45. The van der Waals surface area contributed by atoms with Crippen molar-refractivity contribution in [2.45, 2.75) is 19.0 Å². The summed E-state index contributed by atoms with van der Waals surface area (Å²) in [5.74, 6) is 0.810. The van der Waals surface area contributed by atoms with E-state index < -0.39 is 5.54 Å². The fourth-order valence-corrected chi connectivity index (χ4v) is 6.19. The van der Waals surface area contributed by atoms with Crippen LogP contribution in [0.25, 0.3) is 0 Å². The zero-order chi connectivity index (χ0) is 31.2. The van der Waals surface area contributed by atoms with Crippen molar-refractivity contribution >= 4 is 27.6 Å². The third-order valence-electron chi connectivity index (χ3n) is 7.80. The fraction of sp³-hybridized carbons (Fsp3) is 0.105. The summed E-state index contributed by atoms with van der Waals surface area (Å²) in [6.07, 6.45) is 1.98. The topological polar surface area (TPSA) is 54.1 Å². The molecule has 0 aliphatic heterocycles. The molecule has 0 spiro atoms. The van der Waals surface area contributed by atoms with E-state index in [0.717, 1.165) is 22.4 Å². The quantitative estimate of drug-likeness (QED) is 0.138. The van der Waals surface area contributed by atoms with Crippen LogP contribution in [0.4, 0.5) is 16.0 Å². The molecule has 0 N–H and O–H groups in total. The molecule has 6 aromatic rings. The van der Waals surface area contributed by atoms with Crippen LogP contribution in [0.3, 0.4) is 0 Å². The number of halogens is 2. The van der Waals surface area contributed by atoms with Crippen LogP contribution < -0.4 is 9.64 Å². The largest absolute Gasteiger partial charge is 0.494 e. The fourth-order valence-electron chi connectivity index (χ4n) is 5.83. The van der Waals surface area contributed by atoms with E-state index in [1.807, 2.05) is 84.8 Å². The van der Waals surface area contributed by atoms with E-state index in [1.54, 1.807) is 24.3 Å². The summed E-state index contributed by atoms with van der Waals surface area (Å²) in [6.45, 7) is 2.52. The normalized spacial score (nSPS) is 11.2. The maximum atomic E-state index is 15.5. The lowest BCUT2D eigenvalue weighted by Crippen LogP contribution is -2.39. The van der Waals surface area contributed by atoms with Gasteiger partial charge in [-0.15, -0.1) is 0 Å². The van der Waals surface area contributed by atoms with E-state index in [2.05, 4.69) is 63.0 Å². The van der Waals surface area contributed by atoms with Crippen molar-refractivity contribution in [3.05, 3.63) is 178 Å². The van der Waals surface area contributed by atoms with Gasteiger partial charge in [-0.25, -0.2) is 9.37 Å². The third-order valence-corrected chi connectivity index (χ3v) is 8.18. The predicted octanol–water partition coefficient (Wildman–Crippen LogP) is 9.23. The van der Waals surface area contributed by atoms with E-state index in [9.17, 15) is 5.26 Å². The molecule has 0 amide bonds. The van der Waals surface area contributed by atoms with E-state index in [1.165, 1.54) is 6.07 Å². The zero-order valence-corrected chi connectivity index (χ0v) is 26.2. The van der Waals surface area contributed by atoms with Crippen molar-refractivity contribution in [2.75, 3.05) is 11.5 Å². The Morgan fingerprint density at radius 2 is 1.38 bits per heavy atom. The number of hydrogen-bond donors (Lipinski definition) is 0. The SMILES string of the molecule is CCOc1ccc(F)c(CN(c2ccc(C#N)cc2)c2nc(Br)cn2C(c2ccccc2)(c2ccccc2)c2ccccc2)c1. The van der Waals surface area contributed by atoms with Gasteiger partial charge in [0, 0.05) is 17.4 Å². The maximum absolute atomic E-state index is 15.5. The van der Waals surface area contributed by atoms with Crippen LogP contribution in [0, 0.1) is 17.1 Å². The number of benzene rings is 5. The molecule has 5 nitrogen and oxygen atoms in total. The summed E-state index contributed by atoms with van der Waals surface area (Å²) < 4.78 is 24.0. The lowest BCUT2D eigenvalue weighted by atomic mass is 9.76. The van der Waals surface area contributed by atoms with Crippen molar-refractivity contribution in [2.24, 2.45) is 0 Å². The number of rotatable bonds is 10. The zero-order valence-electron chi connectivity index (χ0n) is 24.6. The Balaban J connectivity index is 1.66. The van der Waals surface area contributed by atoms with Crippen molar-refractivity contribution in [3.63, 3.8) is 0 Å². The third kappa shape index (κ3) is 5.85. The lowest BCUT2D eigenvalue weighted by molar-refractivity contribution is 0.339. The van der Waals surface area contributed by atoms with Gasteiger partial charge in [-0.2, -0.15) is 5.26 Å². The van der Waals surface area contributed by atoms with E-state index in [4.69, 9.17) is 9.72 Å². The molecular formula is C38H30BrFN4O. The first kappa shape index (κ1) is 29.9. The second-order valence-corrected chi connectivity index (χ2v) is 11.3. The smallest absolute Gasteiger partial charge is 0.212 e. The Hall–Kier alpha value is -5.19. The average Bonchev–Trinajstić information content (AvgIpc) is 3.48. The van der Waals surface area contributed by atoms with E-state index in [-0.39, 0.29) is 12.4 Å². The highest BCUT2D eigenvalue weighted by molar-refractivity contribution is 9.10. The second kappa shape index (κ2) is 13.2. The van der Waals surface area contributed by atoms with Crippen molar-refractivity contribution in [1.29, 1.82) is 5.26 Å². The minimum atomic E-state index is -0.866. The number of nitrogens with zero attached hydrogens (tertiary/aromatic N) is 4. The van der Waals surface area contributed by atoms with Crippen LogP contribution in [-0.4, -0.2) is 16.2 Å². The second-order valence-electron chi connectivity index (χ2n) is 10.5. The number of aromatic nitrogens is 2. The first-order valence-corrected chi connectivity index (χ1v) is 15.4. The van der Waals surface area contributed by atoms with Gasteiger partial charge in [0.15, 0.2) is 0 Å². The van der Waals surface area contributed by atoms with Gasteiger partial charge in [0.1, 0.15) is 21.7 Å². The van der Waals surface area contributed by atoms with Crippen LogP contribution in [0.1, 0.15) is 34.7 Å². The molecule has 0 fully saturated rings. The average molecular weight is 658 g/mol. The Labute approximate surface area is 270 Å². The van der Waals surface area contributed by atoms with Crippen LogP contribution in [-0.2, 0) is 12.1 Å². The number of ether oxygens (including phenoxy) is 1. The lowest BCUT2D eigenvalue weighted by Gasteiger charge is -2.40. The summed E-state index contributed by atoms with van der Waals surface area (Å²) >= 11 is 3.69. The molecule has 6 rings (SSSR count). The monoisotopic (exact) mass is 656 g/mol. The van der Waals surface area contributed by atoms with Gasteiger partial charge in [-0.05, 0) is 82.0 Å². The summed E-state index contributed by atoms with van der Waals surface area (Å²) in [5, 5.41) is 9.52. The number of imidazole rings is 1. The minimum Gasteiger partial charge on any atom is -0.494 e. The van der Waals surface area contributed by atoms with E-state index >= 15 is 4.39 Å². The summed E-state index contributed by atoms with van der Waals surface area (Å²) in [5.41, 5.74) is 3.93. The Morgan fingerprint density at radius 1 is 0.822 bits per heavy atom. The molecule has 0 unspecified atom stereocenters. The van der Waals surface area contributed by atoms with Gasteiger partial charge >= 0.3 is 0 Å². The summed E-state index contributed by atoms with van der Waals surface area (Å²) in [7, 11) is 0. The summed E-state index contributed by atoms with van der Waals surface area (Å²) in [6, 6.07) is 45.2. The van der Waals surface area contributed by atoms with Gasteiger partial charge in [-0.3, -0.25) is 4.57 Å². The van der Waals surface area contributed by atoms with Crippen LogP contribution in [0.15, 0.2) is 144 Å². The number of nitriles is 1. The molecule has 0 radical (unpaired) electrons. The first-order valence-electron chi connectivity index (χ1n) is 14.7. The van der Waals surface area contributed by atoms with Gasteiger partial charge in [0.25, 0.3) is 0 Å². The van der Waals surface area contributed by atoms with Crippen LogP contribution in [0.5, 0.6) is 5.75 Å². The molecular weight excluding hydrogens is 627 g/mol. The molecule has 1 heterocycles. The molecule has 5 aromatic carbocycles. The van der Waals surface area contributed by atoms with E-state index in [0.29, 0.717) is 34.0 Å². The van der Waals surface area contributed by atoms with Crippen molar-refractivity contribution < 1.29 is 9.13 Å². The van der Waals surface area contributed by atoms with Crippen LogP contribution in [0.2, 0.25) is 0 Å². The standard InChI is InChI=1S/C38H30BrFN4O/c1-2-45-34-22-23-35(40)29(24-34)26-43(33-20-18-28(25-41)19-21-33)37-42-36(39)27-44(37)38(30-12-6-3-7-13-30,31-14-8-4-9-15-31)32-16-10-5-11-17-32/h3-24,27H,2,26H2,1H3. The Kier molecular flexibility index (Phi) is 8.77. The highest BCUT2D eigenvalue weighted by Gasteiger charge is 2.41. The van der Waals surface area contributed by atoms with Crippen molar-refractivity contribution in [1.82, 2.24) is 9.55 Å². The number of hydrogen-bond acceptors (Lipinski definition) is 4. The van der Waals surface area contributed by atoms with Gasteiger partial charge in [0.05, 0.1) is 24.8 Å². The molecule has 45 heavy (non-hydrogen) atoms. The maximum Gasteiger partial charge on any atom is 0.212 e. The molecule has 0 atom stereocenters. The molecule has 0 aliphatic carbocycles. The predicted molar refractivity (Wildman–Crippen MR) is 179 cm³/mol. The summed E-state index contributed by atoms with van der Waals surface area (Å²) in [4.78, 5) is 7.02. The van der Waals surface area contributed by atoms with Gasteiger partial charge in [-0.1, -0.05) is 91.0 Å².